The highest BCUT2D eigenvalue weighted by Crippen LogP contribution is 1.99. The molecule has 1 amide bonds. The standard InChI is InChI=1S/C10H22N2O.C2H6/c1-3-5-8-12(9-6-7-11)10(13)4-2;1-2/h3-9,11H2,1-2H3;1-2H3. The maximum atomic E-state index is 11.4. The molecule has 0 aliphatic heterocycles. The molecule has 0 unspecified atom stereocenters. The normalized spacial score (nSPS) is 9.13. The van der Waals surface area contributed by atoms with Crippen molar-refractivity contribution in [2.45, 2.75) is 53.4 Å². The van der Waals surface area contributed by atoms with Crippen LogP contribution in [0.15, 0.2) is 0 Å². The van der Waals surface area contributed by atoms with Crippen LogP contribution in [0.4, 0.5) is 0 Å². The highest BCUT2D eigenvalue weighted by molar-refractivity contribution is 5.75. The van der Waals surface area contributed by atoms with Gasteiger partial charge in [-0.2, -0.15) is 0 Å². The summed E-state index contributed by atoms with van der Waals surface area (Å²) >= 11 is 0. The molecule has 3 nitrogen and oxygen atoms in total. The number of carbonyl (C=O) groups is 1. The molecule has 0 heterocycles. The molecule has 0 rings (SSSR count). The van der Waals surface area contributed by atoms with E-state index in [-0.39, 0.29) is 5.91 Å². The Labute approximate surface area is 95.0 Å². The summed E-state index contributed by atoms with van der Waals surface area (Å²) in [4.78, 5) is 13.3. The zero-order valence-corrected chi connectivity index (χ0v) is 10.9. The van der Waals surface area contributed by atoms with Crippen molar-refractivity contribution in [1.82, 2.24) is 4.90 Å². The first-order valence-corrected chi connectivity index (χ1v) is 6.24. The summed E-state index contributed by atoms with van der Waals surface area (Å²) in [5, 5.41) is 0. The predicted molar refractivity (Wildman–Crippen MR) is 66.8 cm³/mol. The summed E-state index contributed by atoms with van der Waals surface area (Å²) in [5.74, 6) is 0.252. The van der Waals surface area contributed by atoms with E-state index in [1.165, 1.54) is 0 Å². The summed E-state index contributed by atoms with van der Waals surface area (Å²) in [6.07, 6.45) is 3.75. The average Bonchev–Trinajstić information content (AvgIpc) is 2.31. The van der Waals surface area contributed by atoms with Crippen molar-refractivity contribution in [3.05, 3.63) is 0 Å². The lowest BCUT2D eigenvalue weighted by Crippen LogP contribution is -2.33. The van der Waals surface area contributed by atoms with Crippen molar-refractivity contribution >= 4 is 5.91 Å². The van der Waals surface area contributed by atoms with Crippen LogP contribution in [0.3, 0.4) is 0 Å². The van der Waals surface area contributed by atoms with E-state index in [0.29, 0.717) is 13.0 Å². The summed E-state index contributed by atoms with van der Waals surface area (Å²) in [7, 11) is 0. The zero-order chi connectivity index (χ0) is 12.1. The van der Waals surface area contributed by atoms with E-state index in [2.05, 4.69) is 6.92 Å². The minimum absolute atomic E-state index is 0.252. The van der Waals surface area contributed by atoms with Gasteiger partial charge in [0.15, 0.2) is 0 Å². The second-order valence-electron chi connectivity index (χ2n) is 3.23. The van der Waals surface area contributed by atoms with E-state index < -0.39 is 0 Å². The number of unbranched alkanes of at least 4 members (excludes halogenated alkanes) is 1. The van der Waals surface area contributed by atoms with E-state index >= 15 is 0 Å². The molecule has 0 saturated carbocycles. The number of nitrogens with two attached hydrogens (primary N) is 1. The third-order valence-electron chi connectivity index (χ3n) is 2.07. The molecule has 92 valence electrons. The molecule has 0 aliphatic carbocycles. The van der Waals surface area contributed by atoms with Gasteiger partial charge in [0.25, 0.3) is 0 Å². The smallest absolute Gasteiger partial charge is 0.222 e. The molecular formula is C12H28N2O. The van der Waals surface area contributed by atoms with Crippen molar-refractivity contribution in [2.75, 3.05) is 19.6 Å². The second-order valence-corrected chi connectivity index (χ2v) is 3.23. The number of hydrogen-bond donors (Lipinski definition) is 1. The molecule has 0 aliphatic rings. The van der Waals surface area contributed by atoms with E-state index in [9.17, 15) is 4.79 Å². The molecule has 3 heteroatoms. The Hall–Kier alpha value is -0.570. The average molecular weight is 216 g/mol. The number of hydrogen-bond acceptors (Lipinski definition) is 2. The molecule has 0 spiro atoms. The Morgan fingerprint density at radius 1 is 1.13 bits per heavy atom. The van der Waals surface area contributed by atoms with Crippen LogP contribution >= 0.6 is 0 Å². The quantitative estimate of drug-likeness (QED) is 0.710. The maximum Gasteiger partial charge on any atom is 0.222 e. The largest absolute Gasteiger partial charge is 0.343 e. The number of nitrogens with zero attached hydrogens (tertiary/aromatic N) is 1. The molecule has 0 aromatic carbocycles. The van der Waals surface area contributed by atoms with E-state index in [0.717, 1.165) is 32.4 Å². The maximum absolute atomic E-state index is 11.4. The summed E-state index contributed by atoms with van der Waals surface area (Å²) < 4.78 is 0. The van der Waals surface area contributed by atoms with Gasteiger partial charge < -0.3 is 10.6 Å². The number of amides is 1. The Balaban J connectivity index is 0. The Kier molecular flexibility index (Phi) is 15.1. The molecule has 0 atom stereocenters. The van der Waals surface area contributed by atoms with Gasteiger partial charge in [-0.3, -0.25) is 4.79 Å². The summed E-state index contributed by atoms with van der Waals surface area (Å²) in [6, 6.07) is 0. The van der Waals surface area contributed by atoms with Crippen LogP contribution in [0.2, 0.25) is 0 Å². The molecule has 0 aromatic heterocycles. The predicted octanol–water partition coefficient (Wildman–Crippen LogP) is 2.40. The summed E-state index contributed by atoms with van der Waals surface area (Å²) in [6.45, 7) is 10.4. The van der Waals surface area contributed by atoms with Gasteiger partial charge in [0.1, 0.15) is 0 Å². The van der Waals surface area contributed by atoms with Gasteiger partial charge in [-0.15, -0.1) is 0 Å². The lowest BCUT2D eigenvalue weighted by molar-refractivity contribution is -0.131. The van der Waals surface area contributed by atoms with Gasteiger partial charge in [0, 0.05) is 19.5 Å². The highest BCUT2D eigenvalue weighted by Gasteiger charge is 2.08. The van der Waals surface area contributed by atoms with Crippen LogP contribution in [-0.4, -0.2) is 30.4 Å². The highest BCUT2D eigenvalue weighted by atomic mass is 16.2. The van der Waals surface area contributed by atoms with Crippen LogP contribution < -0.4 is 5.73 Å². The van der Waals surface area contributed by atoms with Crippen molar-refractivity contribution < 1.29 is 4.79 Å². The second kappa shape index (κ2) is 13.4. The fourth-order valence-corrected chi connectivity index (χ4v) is 1.22. The van der Waals surface area contributed by atoms with Crippen LogP contribution in [0.1, 0.15) is 53.4 Å². The van der Waals surface area contributed by atoms with Crippen LogP contribution in [0, 0.1) is 0 Å². The molecular weight excluding hydrogens is 188 g/mol. The number of rotatable bonds is 7. The van der Waals surface area contributed by atoms with E-state index in [1.807, 2.05) is 25.7 Å². The fourth-order valence-electron chi connectivity index (χ4n) is 1.22. The van der Waals surface area contributed by atoms with Gasteiger partial charge >= 0.3 is 0 Å². The van der Waals surface area contributed by atoms with E-state index in [1.54, 1.807) is 0 Å². The minimum atomic E-state index is 0.252. The molecule has 0 bridgehead atoms. The number of carbonyl (C=O) groups excluding carboxylic acids is 1. The van der Waals surface area contributed by atoms with Crippen molar-refractivity contribution in [3.63, 3.8) is 0 Å². The molecule has 2 N–H and O–H groups in total. The minimum Gasteiger partial charge on any atom is -0.343 e. The molecule has 15 heavy (non-hydrogen) atoms. The zero-order valence-electron chi connectivity index (χ0n) is 10.9. The first kappa shape index (κ1) is 16.8. The first-order valence-electron chi connectivity index (χ1n) is 6.24. The van der Waals surface area contributed by atoms with Gasteiger partial charge in [-0.1, -0.05) is 34.1 Å². The van der Waals surface area contributed by atoms with Crippen LogP contribution in [0.5, 0.6) is 0 Å². The monoisotopic (exact) mass is 216 g/mol. The van der Waals surface area contributed by atoms with Crippen LogP contribution in [-0.2, 0) is 4.79 Å². The van der Waals surface area contributed by atoms with Gasteiger partial charge in [-0.05, 0) is 19.4 Å². The topological polar surface area (TPSA) is 46.3 Å². The van der Waals surface area contributed by atoms with Gasteiger partial charge in [0.2, 0.25) is 5.91 Å². The van der Waals surface area contributed by atoms with Crippen molar-refractivity contribution in [1.29, 1.82) is 0 Å². The van der Waals surface area contributed by atoms with Crippen molar-refractivity contribution in [3.8, 4) is 0 Å². The summed E-state index contributed by atoms with van der Waals surface area (Å²) in [5.41, 5.74) is 5.41. The lowest BCUT2D eigenvalue weighted by atomic mass is 10.2. The molecule has 0 aromatic rings. The van der Waals surface area contributed by atoms with Crippen LogP contribution in [0.25, 0.3) is 0 Å². The fraction of sp³-hybridized carbons (Fsp3) is 0.917. The van der Waals surface area contributed by atoms with Gasteiger partial charge in [0.05, 0.1) is 0 Å². The van der Waals surface area contributed by atoms with E-state index in [4.69, 9.17) is 5.73 Å². The Bertz CT molecular complexity index is 130. The third kappa shape index (κ3) is 9.73. The van der Waals surface area contributed by atoms with Crippen molar-refractivity contribution in [2.24, 2.45) is 5.73 Å². The SMILES string of the molecule is CC.CCCCN(CCCN)C(=O)CC. The lowest BCUT2D eigenvalue weighted by Gasteiger charge is -2.21. The first-order chi connectivity index (χ1) is 7.26. The Morgan fingerprint density at radius 3 is 2.07 bits per heavy atom. The molecule has 0 radical (unpaired) electrons. The third-order valence-corrected chi connectivity index (χ3v) is 2.07. The van der Waals surface area contributed by atoms with Gasteiger partial charge in [-0.25, -0.2) is 0 Å². The Morgan fingerprint density at radius 2 is 1.67 bits per heavy atom. The molecule has 0 saturated heterocycles. The molecule has 0 fully saturated rings.